The predicted molar refractivity (Wildman–Crippen MR) is 77.2 cm³/mol. The van der Waals surface area contributed by atoms with E-state index in [9.17, 15) is 14.4 Å². The zero-order valence-corrected chi connectivity index (χ0v) is 12.0. The van der Waals surface area contributed by atoms with Crippen LogP contribution in [0.5, 0.6) is 0 Å². The topological polar surface area (TPSA) is 119 Å². The van der Waals surface area contributed by atoms with Crippen molar-refractivity contribution in [1.82, 2.24) is 5.32 Å². The summed E-state index contributed by atoms with van der Waals surface area (Å²) in [5.74, 6) is -1.85. The lowest BCUT2D eigenvalue weighted by atomic mass is 10.1. The van der Waals surface area contributed by atoms with Crippen molar-refractivity contribution in [3.8, 4) is 0 Å². The highest BCUT2D eigenvalue weighted by atomic mass is 16.5. The van der Waals surface area contributed by atoms with E-state index in [1.54, 1.807) is 18.2 Å². The lowest BCUT2D eigenvalue weighted by molar-refractivity contribution is -0.151. The molecule has 0 bridgehead atoms. The molecule has 7 heteroatoms. The Morgan fingerprint density at radius 3 is 2.64 bits per heavy atom. The number of benzene rings is 1. The molecule has 22 heavy (non-hydrogen) atoms. The summed E-state index contributed by atoms with van der Waals surface area (Å²) in [6.07, 6.45) is -0.322. The molecule has 0 aliphatic carbocycles. The van der Waals surface area contributed by atoms with Crippen LogP contribution in [0.15, 0.2) is 24.3 Å². The Morgan fingerprint density at radius 2 is 2.00 bits per heavy atom. The van der Waals surface area contributed by atoms with Crippen molar-refractivity contribution in [2.45, 2.75) is 31.5 Å². The Balaban J connectivity index is 1.79. The summed E-state index contributed by atoms with van der Waals surface area (Å²) in [6, 6.07) is 6.88. The van der Waals surface area contributed by atoms with Crippen LogP contribution >= 0.6 is 0 Å². The summed E-state index contributed by atoms with van der Waals surface area (Å²) in [6.45, 7) is 0.374. The molecule has 1 fully saturated rings. The number of nitrogens with two attached hydrogens (primary N) is 1. The number of aliphatic carboxylic acids is 1. The summed E-state index contributed by atoms with van der Waals surface area (Å²) in [4.78, 5) is 33.7. The van der Waals surface area contributed by atoms with Crippen LogP contribution in [0.25, 0.3) is 0 Å². The van der Waals surface area contributed by atoms with Crippen LogP contribution in [-0.2, 0) is 20.7 Å². The minimum absolute atomic E-state index is 0.310. The van der Waals surface area contributed by atoms with Crippen LogP contribution in [-0.4, -0.2) is 41.6 Å². The zero-order chi connectivity index (χ0) is 16.1. The summed E-state index contributed by atoms with van der Waals surface area (Å²) in [7, 11) is 0. The van der Waals surface area contributed by atoms with Gasteiger partial charge in [-0.15, -0.1) is 0 Å². The molecule has 118 valence electrons. The summed E-state index contributed by atoms with van der Waals surface area (Å²) in [5.41, 5.74) is 6.51. The maximum atomic E-state index is 11.9. The zero-order valence-electron chi connectivity index (χ0n) is 12.0. The van der Waals surface area contributed by atoms with Gasteiger partial charge in [-0.25, -0.2) is 4.79 Å². The summed E-state index contributed by atoms with van der Waals surface area (Å²) in [5, 5.41) is 11.5. The van der Waals surface area contributed by atoms with E-state index in [2.05, 4.69) is 5.32 Å². The van der Waals surface area contributed by atoms with Crippen molar-refractivity contribution in [1.29, 1.82) is 0 Å². The standard InChI is InChI=1S/C15H18N2O5/c16-13(18)10-3-1-2-9(8-10)6-7-17-14(19)11-4-5-12(22-11)15(20)21/h1-3,8,11-12H,4-7H2,(H2,16,18)(H,17,19)(H,20,21)/t11-,12+/m0/s1. The second-order valence-electron chi connectivity index (χ2n) is 5.13. The van der Waals surface area contributed by atoms with Gasteiger partial charge in [-0.3, -0.25) is 9.59 Å². The highest BCUT2D eigenvalue weighted by Crippen LogP contribution is 2.19. The minimum Gasteiger partial charge on any atom is -0.479 e. The molecule has 7 nitrogen and oxygen atoms in total. The van der Waals surface area contributed by atoms with E-state index in [-0.39, 0.29) is 5.91 Å². The number of amides is 2. The van der Waals surface area contributed by atoms with Crippen molar-refractivity contribution in [2.24, 2.45) is 5.73 Å². The highest BCUT2D eigenvalue weighted by Gasteiger charge is 2.34. The van der Waals surface area contributed by atoms with Crippen LogP contribution in [0.4, 0.5) is 0 Å². The third kappa shape index (κ3) is 4.05. The van der Waals surface area contributed by atoms with E-state index in [0.29, 0.717) is 31.4 Å². The van der Waals surface area contributed by atoms with Gasteiger partial charge in [-0.05, 0) is 37.0 Å². The molecular formula is C15H18N2O5. The van der Waals surface area contributed by atoms with Crippen molar-refractivity contribution in [2.75, 3.05) is 6.54 Å². The molecule has 1 heterocycles. The average molecular weight is 306 g/mol. The Kier molecular flexibility index (Phi) is 5.11. The van der Waals surface area contributed by atoms with Crippen molar-refractivity contribution < 1.29 is 24.2 Å². The second-order valence-corrected chi connectivity index (χ2v) is 5.13. The van der Waals surface area contributed by atoms with Crippen molar-refractivity contribution in [3.05, 3.63) is 35.4 Å². The van der Waals surface area contributed by atoms with Gasteiger partial charge < -0.3 is 20.9 Å². The number of hydrogen-bond acceptors (Lipinski definition) is 4. The van der Waals surface area contributed by atoms with E-state index in [0.717, 1.165) is 5.56 Å². The largest absolute Gasteiger partial charge is 0.479 e. The third-order valence-corrected chi connectivity index (χ3v) is 3.51. The summed E-state index contributed by atoms with van der Waals surface area (Å²) >= 11 is 0. The van der Waals surface area contributed by atoms with E-state index in [1.807, 2.05) is 6.07 Å². The number of carboxylic acids is 1. The van der Waals surface area contributed by atoms with Crippen LogP contribution in [0, 0.1) is 0 Å². The molecule has 1 aromatic carbocycles. The number of primary amides is 1. The van der Waals surface area contributed by atoms with Gasteiger partial charge in [0.2, 0.25) is 11.8 Å². The monoisotopic (exact) mass is 306 g/mol. The van der Waals surface area contributed by atoms with Crippen molar-refractivity contribution >= 4 is 17.8 Å². The first-order chi connectivity index (χ1) is 10.5. The van der Waals surface area contributed by atoms with Crippen LogP contribution < -0.4 is 11.1 Å². The minimum atomic E-state index is -1.04. The van der Waals surface area contributed by atoms with E-state index >= 15 is 0 Å². The van der Waals surface area contributed by atoms with Crippen LogP contribution in [0.2, 0.25) is 0 Å². The fraction of sp³-hybridized carbons (Fsp3) is 0.400. The van der Waals surface area contributed by atoms with Gasteiger partial charge in [0.15, 0.2) is 6.10 Å². The molecule has 4 N–H and O–H groups in total. The van der Waals surface area contributed by atoms with Crippen LogP contribution in [0.3, 0.4) is 0 Å². The molecular weight excluding hydrogens is 288 g/mol. The molecule has 0 saturated carbocycles. The Labute approximate surface area is 127 Å². The van der Waals surface area contributed by atoms with Gasteiger partial charge in [0.05, 0.1) is 0 Å². The van der Waals surface area contributed by atoms with Crippen LogP contribution in [0.1, 0.15) is 28.8 Å². The normalized spacial score (nSPS) is 20.5. The molecule has 0 spiro atoms. The SMILES string of the molecule is NC(=O)c1cccc(CCNC(=O)[C@@H]2CC[C@H](C(=O)O)O2)c1. The van der Waals surface area contributed by atoms with Gasteiger partial charge >= 0.3 is 5.97 Å². The first-order valence-corrected chi connectivity index (χ1v) is 7.02. The Hall–Kier alpha value is -2.41. The highest BCUT2D eigenvalue weighted by molar-refractivity contribution is 5.92. The smallest absolute Gasteiger partial charge is 0.332 e. The third-order valence-electron chi connectivity index (χ3n) is 3.51. The molecule has 1 saturated heterocycles. The van der Waals surface area contributed by atoms with Gasteiger partial charge in [0.25, 0.3) is 0 Å². The molecule has 0 radical (unpaired) electrons. The second kappa shape index (κ2) is 7.04. The van der Waals surface area contributed by atoms with Gasteiger partial charge in [0, 0.05) is 12.1 Å². The number of rotatable bonds is 6. The number of ether oxygens (including phenoxy) is 1. The van der Waals surface area contributed by atoms with Gasteiger partial charge in [0.1, 0.15) is 6.10 Å². The Morgan fingerprint density at radius 1 is 1.27 bits per heavy atom. The lowest BCUT2D eigenvalue weighted by Crippen LogP contribution is -2.36. The van der Waals surface area contributed by atoms with E-state index in [1.165, 1.54) is 0 Å². The summed E-state index contributed by atoms with van der Waals surface area (Å²) < 4.78 is 5.17. The Bertz CT molecular complexity index is 587. The molecule has 2 rings (SSSR count). The molecule has 2 amide bonds. The predicted octanol–water partition coefficient (Wildman–Crippen LogP) is 0.0764. The fourth-order valence-electron chi connectivity index (χ4n) is 2.34. The number of hydrogen-bond donors (Lipinski definition) is 3. The molecule has 0 unspecified atom stereocenters. The molecule has 2 atom stereocenters. The van der Waals surface area contributed by atoms with E-state index in [4.69, 9.17) is 15.6 Å². The van der Waals surface area contributed by atoms with Crippen molar-refractivity contribution in [3.63, 3.8) is 0 Å². The average Bonchev–Trinajstić information content (AvgIpc) is 2.97. The first-order valence-electron chi connectivity index (χ1n) is 7.02. The quantitative estimate of drug-likeness (QED) is 0.687. The van der Waals surface area contributed by atoms with Gasteiger partial charge in [-0.2, -0.15) is 0 Å². The maximum Gasteiger partial charge on any atom is 0.332 e. The number of nitrogens with one attached hydrogen (secondary N) is 1. The van der Waals surface area contributed by atoms with E-state index < -0.39 is 24.1 Å². The number of carboxylic acid groups (broad SMARTS) is 1. The molecule has 1 aliphatic heterocycles. The fourth-order valence-corrected chi connectivity index (χ4v) is 2.34. The molecule has 0 aromatic heterocycles. The lowest BCUT2D eigenvalue weighted by Gasteiger charge is -2.12. The maximum absolute atomic E-state index is 11.9. The molecule has 1 aromatic rings. The molecule has 1 aliphatic rings. The number of carbonyl (C=O) groups is 3. The number of carbonyl (C=O) groups excluding carboxylic acids is 2. The first kappa shape index (κ1) is 16.0. The van der Waals surface area contributed by atoms with Gasteiger partial charge in [-0.1, -0.05) is 12.1 Å².